The highest BCUT2D eigenvalue weighted by atomic mass is 15.3. The molecule has 4 nitrogen and oxygen atoms in total. The molecule has 1 N–H and O–H groups in total. The first-order valence-electron chi connectivity index (χ1n) is 5.85. The van der Waals surface area contributed by atoms with Crippen LogP contribution in [0.5, 0.6) is 0 Å². The van der Waals surface area contributed by atoms with Crippen LogP contribution < -0.4 is 5.32 Å². The normalized spacial score (nSPS) is 13.0. The Bertz CT molecular complexity index is 269. The van der Waals surface area contributed by atoms with Gasteiger partial charge in [-0.25, -0.2) is 4.98 Å². The van der Waals surface area contributed by atoms with Crippen molar-refractivity contribution in [2.45, 2.75) is 40.2 Å². The Hall–Kier alpha value is -0.900. The summed E-state index contributed by atoms with van der Waals surface area (Å²) < 4.78 is 1.97. The number of hydrogen-bond acceptors (Lipinski definition) is 3. The summed E-state index contributed by atoms with van der Waals surface area (Å²) in [4.78, 5) is 4.27. The highest BCUT2D eigenvalue weighted by molar-refractivity contribution is 4.84. The maximum atomic E-state index is 4.27. The number of nitrogens with one attached hydrogen (secondary N) is 1. The fraction of sp³-hybridized carbons (Fsp3) is 0.818. The zero-order valence-corrected chi connectivity index (χ0v) is 10.0. The largest absolute Gasteiger partial charge is 0.317 e. The lowest BCUT2D eigenvalue weighted by molar-refractivity contribution is 0.474. The molecule has 0 aliphatic heterocycles. The van der Waals surface area contributed by atoms with Crippen LogP contribution in [-0.4, -0.2) is 27.9 Å². The molecule has 1 atom stereocenters. The molecule has 0 fully saturated rings. The maximum Gasteiger partial charge on any atom is 0.138 e. The van der Waals surface area contributed by atoms with E-state index in [9.17, 15) is 0 Å². The van der Waals surface area contributed by atoms with E-state index < -0.39 is 0 Å². The Kier molecular flexibility index (Phi) is 5.32. The third-order valence-electron chi connectivity index (χ3n) is 2.60. The summed E-state index contributed by atoms with van der Waals surface area (Å²) in [7, 11) is 0. The van der Waals surface area contributed by atoms with Gasteiger partial charge in [-0.1, -0.05) is 13.8 Å². The Morgan fingerprint density at radius 3 is 2.93 bits per heavy atom. The van der Waals surface area contributed by atoms with Crippen LogP contribution in [0.4, 0.5) is 0 Å². The van der Waals surface area contributed by atoms with E-state index >= 15 is 0 Å². The fourth-order valence-electron chi connectivity index (χ4n) is 1.61. The molecule has 4 heteroatoms. The molecule has 0 aliphatic carbocycles. The number of rotatable bonds is 7. The lowest BCUT2D eigenvalue weighted by Gasteiger charge is -2.11. The van der Waals surface area contributed by atoms with Crippen LogP contribution in [0.1, 0.15) is 33.0 Å². The van der Waals surface area contributed by atoms with Crippen LogP contribution in [0.2, 0.25) is 0 Å². The van der Waals surface area contributed by atoms with Crippen LogP contribution in [0, 0.1) is 5.92 Å². The average Bonchev–Trinajstić information content (AvgIpc) is 2.70. The van der Waals surface area contributed by atoms with Gasteiger partial charge < -0.3 is 5.32 Å². The van der Waals surface area contributed by atoms with Crippen molar-refractivity contribution in [3.63, 3.8) is 0 Å². The van der Waals surface area contributed by atoms with Gasteiger partial charge in [0, 0.05) is 13.0 Å². The minimum atomic E-state index is 0.701. The molecular formula is C11H22N4. The Morgan fingerprint density at radius 1 is 1.47 bits per heavy atom. The van der Waals surface area contributed by atoms with Crippen molar-refractivity contribution < 1.29 is 0 Å². The van der Waals surface area contributed by atoms with Crippen molar-refractivity contribution in [3.05, 3.63) is 12.2 Å². The molecule has 0 bridgehead atoms. The Morgan fingerprint density at radius 2 is 2.27 bits per heavy atom. The monoisotopic (exact) mass is 210 g/mol. The topological polar surface area (TPSA) is 42.7 Å². The molecule has 0 aromatic carbocycles. The van der Waals surface area contributed by atoms with E-state index in [0.717, 1.165) is 31.9 Å². The van der Waals surface area contributed by atoms with Crippen molar-refractivity contribution in [3.8, 4) is 0 Å². The van der Waals surface area contributed by atoms with Crippen molar-refractivity contribution in [1.82, 2.24) is 20.1 Å². The van der Waals surface area contributed by atoms with E-state index in [1.54, 1.807) is 6.33 Å². The highest BCUT2D eigenvalue weighted by Gasteiger charge is 2.06. The summed E-state index contributed by atoms with van der Waals surface area (Å²) in [6.45, 7) is 9.57. The minimum absolute atomic E-state index is 0.701. The third-order valence-corrected chi connectivity index (χ3v) is 2.60. The average molecular weight is 210 g/mol. The zero-order chi connectivity index (χ0) is 11.1. The summed E-state index contributed by atoms with van der Waals surface area (Å²) in [5, 5.41) is 7.53. The van der Waals surface area contributed by atoms with Gasteiger partial charge in [0.25, 0.3) is 0 Å². The molecule has 15 heavy (non-hydrogen) atoms. The Balaban J connectivity index is 2.30. The molecule has 0 saturated carbocycles. The highest BCUT2D eigenvalue weighted by Crippen LogP contribution is 2.06. The van der Waals surface area contributed by atoms with Crippen LogP contribution in [0.15, 0.2) is 6.33 Å². The number of hydrogen-bond donors (Lipinski definition) is 1. The second kappa shape index (κ2) is 6.56. The minimum Gasteiger partial charge on any atom is -0.317 e. The van der Waals surface area contributed by atoms with Gasteiger partial charge in [0.2, 0.25) is 0 Å². The number of aryl methyl sites for hydroxylation is 2. The summed E-state index contributed by atoms with van der Waals surface area (Å²) in [5.41, 5.74) is 0. The predicted molar refractivity (Wildman–Crippen MR) is 61.7 cm³/mol. The molecule has 0 spiro atoms. The lowest BCUT2D eigenvalue weighted by atomic mass is 10.1. The fourth-order valence-corrected chi connectivity index (χ4v) is 1.61. The zero-order valence-electron chi connectivity index (χ0n) is 10.0. The van der Waals surface area contributed by atoms with E-state index in [0.29, 0.717) is 5.92 Å². The maximum absolute atomic E-state index is 4.27. The SMILES string of the molecule is CCNCC(C)CCc1ncnn1CC. The summed E-state index contributed by atoms with van der Waals surface area (Å²) in [5.74, 6) is 1.81. The quantitative estimate of drug-likeness (QED) is 0.741. The molecule has 1 aromatic heterocycles. The van der Waals surface area contributed by atoms with Crippen molar-refractivity contribution in [2.24, 2.45) is 5.92 Å². The molecular weight excluding hydrogens is 188 g/mol. The van der Waals surface area contributed by atoms with Gasteiger partial charge in [0.1, 0.15) is 12.2 Å². The second-order valence-electron chi connectivity index (χ2n) is 3.94. The van der Waals surface area contributed by atoms with Gasteiger partial charge in [-0.05, 0) is 32.4 Å². The van der Waals surface area contributed by atoms with E-state index in [4.69, 9.17) is 0 Å². The van der Waals surface area contributed by atoms with Crippen molar-refractivity contribution >= 4 is 0 Å². The van der Waals surface area contributed by atoms with Gasteiger partial charge in [-0.3, -0.25) is 4.68 Å². The molecule has 86 valence electrons. The van der Waals surface area contributed by atoms with E-state index in [2.05, 4.69) is 36.2 Å². The standard InChI is InChI=1S/C11H22N4/c1-4-12-8-10(3)6-7-11-13-9-14-15(11)5-2/h9-10,12H,4-8H2,1-3H3. The van der Waals surface area contributed by atoms with Crippen LogP contribution in [-0.2, 0) is 13.0 Å². The van der Waals surface area contributed by atoms with E-state index in [-0.39, 0.29) is 0 Å². The first-order chi connectivity index (χ1) is 7.27. The van der Waals surface area contributed by atoms with E-state index in [1.165, 1.54) is 6.42 Å². The van der Waals surface area contributed by atoms with Crippen LogP contribution >= 0.6 is 0 Å². The van der Waals surface area contributed by atoms with Gasteiger partial charge in [-0.2, -0.15) is 5.10 Å². The van der Waals surface area contributed by atoms with Gasteiger partial charge >= 0.3 is 0 Å². The second-order valence-corrected chi connectivity index (χ2v) is 3.94. The summed E-state index contributed by atoms with van der Waals surface area (Å²) in [6, 6.07) is 0. The summed E-state index contributed by atoms with van der Waals surface area (Å²) in [6.07, 6.45) is 3.85. The smallest absolute Gasteiger partial charge is 0.138 e. The Labute approximate surface area is 92.1 Å². The molecule has 0 amide bonds. The van der Waals surface area contributed by atoms with Gasteiger partial charge in [-0.15, -0.1) is 0 Å². The molecule has 1 unspecified atom stereocenters. The van der Waals surface area contributed by atoms with Gasteiger partial charge in [0.15, 0.2) is 0 Å². The first-order valence-corrected chi connectivity index (χ1v) is 5.85. The molecule has 1 heterocycles. The third kappa shape index (κ3) is 4.00. The number of aromatic nitrogens is 3. The van der Waals surface area contributed by atoms with Crippen molar-refractivity contribution in [1.29, 1.82) is 0 Å². The van der Waals surface area contributed by atoms with Crippen LogP contribution in [0.3, 0.4) is 0 Å². The molecule has 0 radical (unpaired) electrons. The predicted octanol–water partition coefficient (Wildman–Crippen LogP) is 1.48. The summed E-state index contributed by atoms with van der Waals surface area (Å²) >= 11 is 0. The van der Waals surface area contributed by atoms with E-state index in [1.807, 2.05) is 4.68 Å². The van der Waals surface area contributed by atoms with Crippen LogP contribution in [0.25, 0.3) is 0 Å². The molecule has 0 saturated heterocycles. The molecule has 1 rings (SSSR count). The van der Waals surface area contributed by atoms with Gasteiger partial charge in [0.05, 0.1) is 0 Å². The van der Waals surface area contributed by atoms with Crippen molar-refractivity contribution in [2.75, 3.05) is 13.1 Å². The number of nitrogens with zero attached hydrogens (tertiary/aromatic N) is 3. The lowest BCUT2D eigenvalue weighted by Crippen LogP contribution is -2.21. The first kappa shape index (κ1) is 12.2. The molecule has 1 aromatic rings. The molecule has 0 aliphatic rings.